The van der Waals surface area contributed by atoms with Gasteiger partial charge in [0.15, 0.2) is 27.8 Å². The molecule has 0 bridgehead atoms. The molecule has 10 aromatic heterocycles. The largest absolute Gasteiger partial charge is 0.437 e. The zero-order valence-corrected chi connectivity index (χ0v) is 49.0. The van der Waals surface area contributed by atoms with Gasteiger partial charge in [0.1, 0.15) is 48.0 Å². The Hall–Kier alpha value is -8.97. The van der Waals surface area contributed by atoms with Gasteiger partial charge in [-0.25, -0.2) is 29.5 Å². The third-order valence-corrected chi connectivity index (χ3v) is 13.5. The van der Waals surface area contributed by atoms with Crippen molar-refractivity contribution in [1.82, 2.24) is 98.6 Å². The van der Waals surface area contributed by atoms with Crippen molar-refractivity contribution >= 4 is 130 Å². The molecule has 0 aliphatic heterocycles. The number of halogens is 5. The number of rotatable bonds is 9. The Morgan fingerprint density at radius 3 is 1.68 bits per heavy atom. The summed E-state index contributed by atoms with van der Waals surface area (Å²) in [6.45, 7) is 7.83. The number of nitrogens with one attached hydrogen (secondary N) is 4. The number of aromatic amines is 4. The summed E-state index contributed by atoms with van der Waals surface area (Å²) < 4.78 is 19.4. The molecule has 12 aromatic rings. The Bertz CT molecular complexity index is 4720. The minimum atomic E-state index is -0.605. The Morgan fingerprint density at radius 2 is 1.15 bits per heavy atom. The summed E-state index contributed by atoms with van der Waals surface area (Å²) in [5.41, 5.74) is 4.43. The first-order chi connectivity index (χ1) is 39.4. The second-order valence-corrected chi connectivity index (χ2v) is 19.9. The summed E-state index contributed by atoms with van der Waals surface area (Å²) in [5.74, 6) is -0.593. The minimum absolute atomic E-state index is 0.0600. The van der Waals surface area contributed by atoms with Crippen molar-refractivity contribution in [3.8, 4) is 6.07 Å². The van der Waals surface area contributed by atoms with Crippen molar-refractivity contribution in [2.45, 2.75) is 38.4 Å². The lowest BCUT2D eigenvalue weighted by atomic mass is 10.1. The second kappa shape index (κ2) is 26.5. The van der Waals surface area contributed by atoms with Crippen LogP contribution in [0.1, 0.15) is 28.6 Å². The molecule has 0 radical (unpaired) electrons. The standard InChI is InChI=1S/C18H14ClN7O3.C11H10Cl2N2O2.C7H5N5O.C6H5IN4O.C5H3IN4O/c1-20-16-14-15(24(2)23-16)17(27)25(10-21-14)9-13-22-26(18(28)29-13)8-7-11-3-5-12(19)6-4-11;12-7-10-14-15(11(16)17-10)6-5-8-1-3-9(13)4-2-8;1-12-6-5(4(2-8)11-12)9-3-10-7(6)13;1-11-4-3(5(7)10-11)8-2-9-6(4)12;6-4-2-3(9-10-4)5(11)8-1-7-2/h3-6,10H,7-9H2,2H3;1-4H,5-7H2;3H,1H3,(H,9,10,13);2H,1H3,(H,8,9,12);1H,(H,9,10)(H,7,8,11). The molecule has 12 rings (SSSR count). The molecule has 418 valence electrons. The number of H-pyrrole nitrogens is 4. The van der Waals surface area contributed by atoms with Crippen LogP contribution in [0, 0.1) is 25.3 Å². The van der Waals surface area contributed by atoms with Crippen LogP contribution in [-0.2, 0) is 59.5 Å². The van der Waals surface area contributed by atoms with E-state index < -0.39 is 17.1 Å². The van der Waals surface area contributed by atoms with Crippen LogP contribution < -0.4 is 33.7 Å². The Morgan fingerprint density at radius 1 is 0.634 bits per heavy atom. The Kier molecular flexibility index (Phi) is 19.1. The monoisotopic (exact) mass is 1400 g/mol. The molecule has 82 heavy (non-hydrogen) atoms. The van der Waals surface area contributed by atoms with Gasteiger partial charge in [0.05, 0.1) is 45.4 Å². The molecule has 30 nitrogen and oxygen atoms in total. The van der Waals surface area contributed by atoms with E-state index in [4.69, 9.17) is 55.5 Å². The zero-order valence-electron chi connectivity index (χ0n) is 42.4. The zero-order chi connectivity index (χ0) is 58.8. The van der Waals surface area contributed by atoms with E-state index >= 15 is 0 Å². The number of fused-ring (bicyclic) bond motifs is 4. The van der Waals surface area contributed by atoms with Gasteiger partial charge < -0.3 is 28.6 Å². The van der Waals surface area contributed by atoms with E-state index in [0.29, 0.717) is 69.1 Å². The van der Waals surface area contributed by atoms with Crippen molar-refractivity contribution in [2.75, 3.05) is 0 Å². The molecule has 0 atom stereocenters. The average molecular weight is 1400 g/mol. The average Bonchev–Trinajstić information content (AvgIpc) is 4.32. The first-order valence-electron chi connectivity index (χ1n) is 23.3. The fourth-order valence-electron chi connectivity index (χ4n) is 7.45. The van der Waals surface area contributed by atoms with Crippen LogP contribution in [-0.4, -0.2) is 98.6 Å². The maximum absolute atomic E-state index is 12.7. The highest BCUT2D eigenvalue weighted by atomic mass is 127. The highest BCUT2D eigenvalue weighted by molar-refractivity contribution is 14.1. The molecular weight excluding hydrogens is 1360 g/mol. The number of nitrogens with zero attached hydrogens (tertiary/aromatic N) is 18. The number of aromatic nitrogens is 20. The molecule has 2 aromatic carbocycles. The third kappa shape index (κ3) is 13.8. The highest BCUT2D eigenvalue weighted by Crippen LogP contribution is 2.20. The second-order valence-electron chi connectivity index (χ2n) is 16.6. The molecule has 0 amide bonds. The Labute approximate surface area is 498 Å². The van der Waals surface area contributed by atoms with Crippen molar-refractivity contribution in [1.29, 1.82) is 5.26 Å². The first-order valence-corrected chi connectivity index (χ1v) is 26.7. The lowest BCUT2D eigenvalue weighted by molar-refractivity contribution is 0.434. The lowest BCUT2D eigenvalue weighted by Crippen LogP contribution is -2.23. The quantitative estimate of drug-likeness (QED) is 0.0889. The van der Waals surface area contributed by atoms with Crippen LogP contribution in [0.5, 0.6) is 0 Å². The normalized spacial score (nSPS) is 10.8. The van der Waals surface area contributed by atoms with Crippen LogP contribution in [0.2, 0.25) is 10.0 Å². The summed E-state index contributed by atoms with van der Waals surface area (Å²) in [4.78, 5) is 96.2. The SMILES string of the molecule is Cn1nc(C#N)c2nc[nH]c(=O)c21.Cn1nc(I)c2nc[nH]c(=O)c21.O=c1[nH]cnc2c(I)[nH]nc12.O=c1oc(CCl)nn1CCc1ccc(Cl)cc1.[C-]#[N+]c1nn(C)c2c(=O)n(Cc3nn(CCc4ccc(Cl)cc4)c(=O)o3)cnc12. The fourth-order valence-corrected chi connectivity index (χ4v) is 9.05. The van der Waals surface area contributed by atoms with Gasteiger partial charge in [-0.3, -0.25) is 38.2 Å². The van der Waals surface area contributed by atoms with Crippen LogP contribution in [0.25, 0.3) is 49.0 Å². The van der Waals surface area contributed by atoms with Gasteiger partial charge in [0.25, 0.3) is 22.2 Å². The number of nitriles is 1. The van der Waals surface area contributed by atoms with E-state index in [0.717, 1.165) is 18.5 Å². The summed E-state index contributed by atoms with van der Waals surface area (Å²) in [5, 5.41) is 36.4. The molecule has 0 unspecified atom stereocenters. The Balaban J connectivity index is 0.000000142. The molecule has 10 heterocycles. The van der Waals surface area contributed by atoms with Gasteiger partial charge in [-0.1, -0.05) is 54.0 Å². The summed E-state index contributed by atoms with van der Waals surface area (Å²) in [6, 6.07) is 16.6. The summed E-state index contributed by atoms with van der Waals surface area (Å²) >= 11 is 21.3. The molecule has 0 aliphatic rings. The summed E-state index contributed by atoms with van der Waals surface area (Å²) in [7, 11) is 4.89. The predicted molar refractivity (Wildman–Crippen MR) is 312 cm³/mol. The topological polar surface area (TPSA) is 378 Å². The van der Waals surface area contributed by atoms with Gasteiger partial charge in [0.2, 0.25) is 11.8 Å². The molecule has 4 N–H and O–H groups in total. The third-order valence-electron chi connectivity index (χ3n) is 11.3. The highest BCUT2D eigenvalue weighted by Gasteiger charge is 2.19. The molecule has 0 spiro atoms. The van der Waals surface area contributed by atoms with Crippen LogP contribution >= 0.6 is 80.0 Å². The molecule has 0 aliphatic carbocycles. The van der Waals surface area contributed by atoms with Gasteiger partial charge >= 0.3 is 17.3 Å². The molecule has 35 heteroatoms. The van der Waals surface area contributed by atoms with E-state index in [2.05, 4.69) is 75.4 Å². The smallest absolute Gasteiger partial charge is 0.391 e. The number of alkyl halides is 1. The van der Waals surface area contributed by atoms with Crippen LogP contribution in [0.4, 0.5) is 5.82 Å². The number of hydrogen-bond acceptors (Lipinski definition) is 19. The molecular formula is C47H37Cl3I2N22O8. The van der Waals surface area contributed by atoms with E-state index in [9.17, 15) is 28.8 Å². The van der Waals surface area contributed by atoms with E-state index in [-0.39, 0.29) is 63.4 Å². The van der Waals surface area contributed by atoms with Gasteiger partial charge in [0, 0.05) is 24.1 Å². The molecule has 0 fully saturated rings. The maximum atomic E-state index is 12.7. The maximum Gasteiger partial charge on any atom is 0.437 e. The molecule has 0 saturated heterocycles. The van der Waals surface area contributed by atoms with Crippen molar-refractivity contribution < 1.29 is 8.83 Å². The van der Waals surface area contributed by atoms with Gasteiger partial charge in [-0.15, -0.1) is 21.8 Å². The number of hydrogen-bond donors (Lipinski definition) is 4. The molecule has 0 saturated carbocycles. The lowest BCUT2D eigenvalue weighted by Gasteiger charge is -2.02. The number of aryl methyl sites for hydroxylation is 7. The summed E-state index contributed by atoms with van der Waals surface area (Å²) in [6.07, 6.45) is 6.55. The van der Waals surface area contributed by atoms with Crippen LogP contribution in [0.3, 0.4) is 0 Å². The predicted octanol–water partition coefficient (Wildman–Crippen LogP) is 4.29. The van der Waals surface area contributed by atoms with Crippen molar-refractivity contribution in [3.05, 3.63) is 194 Å². The van der Waals surface area contributed by atoms with E-state index in [1.807, 2.05) is 87.6 Å². The van der Waals surface area contributed by atoms with Crippen molar-refractivity contribution in [3.63, 3.8) is 0 Å². The van der Waals surface area contributed by atoms with Gasteiger partial charge in [-0.05, 0) is 98.5 Å². The van der Waals surface area contributed by atoms with E-state index in [1.165, 1.54) is 53.3 Å². The number of benzene rings is 2. The van der Waals surface area contributed by atoms with E-state index in [1.54, 1.807) is 33.3 Å². The first kappa shape index (κ1) is 59.2. The fraction of sp³-hybridized carbons (Fsp3) is 0.191. The van der Waals surface area contributed by atoms with Gasteiger partial charge in [-0.2, -0.15) is 34.6 Å². The van der Waals surface area contributed by atoms with Crippen LogP contribution in [0.15, 0.2) is 111 Å². The van der Waals surface area contributed by atoms with Crippen molar-refractivity contribution in [2.24, 2.45) is 21.1 Å². The minimum Gasteiger partial charge on any atom is -0.391 e.